The van der Waals surface area contributed by atoms with Crippen molar-refractivity contribution in [2.24, 2.45) is 0 Å². The Morgan fingerprint density at radius 1 is 1.33 bits per heavy atom. The molecular formula is C15H19ClN2O3. The van der Waals surface area contributed by atoms with E-state index in [0.29, 0.717) is 35.4 Å². The molecule has 0 bridgehead atoms. The first-order chi connectivity index (χ1) is 10.1. The normalized spacial score (nSPS) is 12.4. The Kier molecular flexibility index (Phi) is 5.61. The Morgan fingerprint density at radius 3 is 2.81 bits per heavy atom. The van der Waals surface area contributed by atoms with Crippen LogP contribution in [0.3, 0.4) is 0 Å². The molecule has 0 saturated carbocycles. The maximum atomic E-state index is 6.23. The van der Waals surface area contributed by atoms with Crippen molar-refractivity contribution in [3.63, 3.8) is 0 Å². The minimum atomic E-state index is 0.240. The molecule has 2 rings (SSSR count). The lowest BCUT2D eigenvalue weighted by Gasteiger charge is -2.13. The summed E-state index contributed by atoms with van der Waals surface area (Å²) in [5.74, 6) is 1.29. The van der Waals surface area contributed by atoms with Gasteiger partial charge in [-0.3, -0.25) is 0 Å². The molecule has 1 aromatic carbocycles. The third kappa shape index (κ3) is 4.20. The molecule has 0 spiro atoms. The molecule has 1 atom stereocenters. The minimum Gasteiger partial charge on any atom is -0.486 e. The van der Waals surface area contributed by atoms with Crippen LogP contribution >= 0.6 is 11.6 Å². The van der Waals surface area contributed by atoms with Gasteiger partial charge in [-0.2, -0.15) is 0 Å². The molecule has 0 fully saturated rings. The first-order valence-corrected chi connectivity index (χ1v) is 7.04. The third-order valence-electron chi connectivity index (χ3n) is 3.16. The molecule has 1 N–H and O–H groups in total. The predicted molar refractivity (Wildman–Crippen MR) is 80.5 cm³/mol. The lowest BCUT2D eigenvalue weighted by atomic mass is 10.1. The third-order valence-corrected chi connectivity index (χ3v) is 3.45. The van der Waals surface area contributed by atoms with Crippen LogP contribution < -0.4 is 10.1 Å². The molecule has 0 saturated heterocycles. The topological polar surface area (TPSA) is 56.5 Å². The average Bonchev–Trinajstić information content (AvgIpc) is 2.93. The smallest absolute Gasteiger partial charge is 0.162 e. The summed E-state index contributed by atoms with van der Waals surface area (Å²) < 4.78 is 15.7. The molecule has 1 unspecified atom stereocenters. The maximum Gasteiger partial charge on any atom is 0.162 e. The Hall–Kier alpha value is -1.56. The van der Waals surface area contributed by atoms with Crippen LogP contribution in [-0.4, -0.2) is 19.3 Å². The second-order valence-electron chi connectivity index (χ2n) is 4.71. The molecule has 2 aromatic rings. The Balaban J connectivity index is 1.99. The van der Waals surface area contributed by atoms with Crippen molar-refractivity contribution in [2.75, 3.05) is 14.2 Å². The summed E-state index contributed by atoms with van der Waals surface area (Å²) in [4.78, 5) is 0. The zero-order valence-corrected chi connectivity index (χ0v) is 13.1. The molecule has 0 aliphatic heterocycles. The molecule has 21 heavy (non-hydrogen) atoms. The molecule has 0 amide bonds. The van der Waals surface area contributed by atoms with E-state index in [0.717, 1.165) is 5.56 Å². The van der Waals surface area contributed by atoms with Crippen LogP contribution in [0.4, 0.5) is 0 Å². The zero-order chi connectivity index (χ0) is 15.2. The predicted octanol–water partition coefficient (Wildman–Crippen LogP) is 3.33. The number of halogens is 1. The fraction of sp³-hybridized carbons (Fsp3) is 0.400. The van der Waals surface area contributed by atoms with E-state index in [4.69, 9.17) is 25.6 Å². The largest absolute Gasteiger partial charge is 0.486 e. The van der Waals surface area contributed by atoms with Crippen molar-refractivity contribution in [1.82, 2.24) is 10.5 Å². The summed E-state index contributed by atoms with van der Waals surface area (Å²) in [5.41, 5.74) is 1.81. The van der Waals surface area contributed by atoms with E-state index in [1.54, 1.807) is 13.2 Å². The molecule has 0 aliphatic carbocycles. The van der Waals surface area contributed by atoms with Gasteiger partial charge < -0.3 is 19.3 Å². The van der Waals surface area contributed by atoms with E-state index in [2.05, 4.69) is 17.4 Å². The highest BCUT2D eigenvalue weighted by atomic mass is 35.5. The van der Waals surface area contributed by atoms with Crippen molar-refractivity contribution < 1.29 is 14.0 Å². The number of hydrogen-bond acceptors (Lipinski definition) is 5. The molecule has 114 valence electrons. The highest BCUT2D eigenvalue weighted by Crippen LogP contribution is 2.28. The number of aromatic nitrogens is 1. The standard InChI is InChI=1S/C15H19ClN2O3/c1-10(17-2)11-4-5-15(14(16)6-11)20-8-12-7-13(9-19-3)21-18-12/h4-7,10,17H,8-9H2,1-3H3. The van der Waals surface area contributed by atoms with Crippen molar-refractivity contribution >= 4 is 11.6 Å². The molecule has 1 heterocycles. The van der Waals surface area contributed by atoms with Gasteiger partial charge in [-0.1, -0.05) is 22.8 Å². The summed E-state index contributed by atoms with van der Waals surface area (Å²) in [6.07, 6.45) is 0. The zero-order valence-electron chi connectivity index (χ0n) is 12.4. The summed E-state index contributed by atoms with van der Waals surface area (Å²) in [5, 5.41) is 7.65. The van der Waals surface area contributed by atoms with Gasteiger partial charge in [-0.25, -0.2) is 0 Å². The van der Waals surface area contributed by atoms with Crippen LogP contribution in [-0.2, 0) is 18.0 Å². The van der Waals surface area contributed by atoms with E-state index in [1.807, 2.05) is 25.2 Å². The van der Waals surface area contributed by atoms with Crippen LogP contribution in [0.1, 0.15) is 30.0 Å². The summed E-state index contributed by atoms with van der Waals surface area (Å²) >= 11 is 6.23. The fourth-order valence-corrected chi connectivity index (χ4v) is 2.10. The van der Waals surface area contributed by atoms with Gasteiger partial charge >= 0.3 is 0 Å². The lowest BCUT2D eigenvalue weighted by Crippen LogP contribution is -2.12. The average molecular weight is 311 g/mol. The van der Waals surface area contributed by atoms with E-state index in [9.17, 15) is 0 Å². The number of nitrogens with zero attached hydrogens (tertiary/aromatic N) is 1. The molecule has 6 heteroatoms. The van der Waals surface area contributed by atoms with Crippen LogP contribution in [0, 0.1) is 0 Å². The lowest BCUT2D eigenvalue weighted by molar-refractivity contribution is 0.155. The van der Waals surface area contributed by atoms with Crippen molar-refractivity contribution in [2.45, 2.75) is 26.2 Å². The monoisotopic (exact) mass is 310 g/mol. The number of methoxy groups -OCH3 is 1. The van der Waals surface area contributed by atoms with Gasteiger partial charge in [-0.15, -0.1) is 0 Å². The van der Waals surface area contributed by atoms with Gasteiger partial charge in [0, 0.05) is 19.2 Å². The van der Waals surface area contributed by atoms with Gasteiger partial charge in [0.2, 0.25) is 0 Å². The Labute approximate surface area is 129 Å². The van der Waals surface area contributed by atoms with E-state index < -0.39 is 0 Å². The van der Waals surface area contributed by atoms with Crippen molar-refractivity contribution in [3.8, 4) is 5.75 Å². The Morgan fingerprint density at radius 2 is 2.14 bits per heavy atom. The number of benzene rings is 1. The van der Waals surface area contributed by atoms with E-state index in [-0.39, 0.29) is 6.04 Å². The second-order valence-corrected chi connectivity index (χ2v) is 5.11. The van der Waals surface area contributed by atoms with Gasteiger partial charge in [-0.05, 0) is 31.7 Å². The van der Waals surface area contributed by atoms with Crippen LogP contribution in [0.5, 0.6) is 5.75 Å². The van der Waals surface area contributed by atoms with Crippen molar-refractivity contribution in [1.29, 1.82) is 0 Å². The summed E-state index contributed by atoms with van der Waals surface area (Å²) in [7, 11) is 3.51. The number of ether oxygens (including phenoxy) is 2. The quantitative estimate of drug-likeness (QED) is 0.850. The SMILES string of the molecule is CNC(C)c1ccc(OCc2cc(COC)on2)c(Cl)c1. The van der Waals surface area contributed by atoms with Crippen LogP contribution in [0.25, 0.3) is 0 Å². The summed E-state index contributed by atoms with van der Waals surface area (Å²) in [6.45, 7) is 2.76. The van der Waals surface area contributed by atoms with E-state index in [1.165, 1.54) is 0 Å². The van der Waals surface area contributed by atoms with Crippen LogP contribution in [0.15, 0.2) is 28.8 Å². The highest BCUT2D eigenvalue weighted by molar-refractivity contribution is 6.32. The molecule has 0 radical (unpaired) electrons. The van der Waals surface area contributed by atoms with Gasteiger partial charge in [0.1, 0.15) is 24.7 Å². The first-order valence-electron chi connectivity index (χ1n) is 6.67. The maximum absolute atomic E-state index is 6.23. The number of rotatable bonds is 7. The molecular weight excluding hydrogens is 292 g/mol. The van der Waals surface area contributed by atoms with Gasteiger partial charge in [0.05, 0.1) is 5.02 Å². The highest BCUT2D eigenvalue weighted by Gasteiger charge is 2.09. The second kappa shape index (κ2) is 7.45. The first kappa shape index (κ1) is 15.8. The van der Waals surface area contributed by atoms with Crippen molar-refractivity contribution in [3.05, 3.63) is 46.3 Å². The van der Waals surface area contributed by atoms with Gasteiger partial charge in [0.15, 0.2) is 5.76 Å². The number of nitrogens with one attached hydrogen (secondary N) is 1. The van der Waals surface area contributed by atoms with Gasteiger partial charge in [0.25, 0.3) is 0 Å². The number of hydrogen-bond donors (Lipinski definition) is 1. The Bertz CT molecular complexity index is 586. The molecule has 1 aromatic heterocycles. The van der Waals surface area contributed by atoms with E-state index >= 15 is 0 Å². The molecule has 5 nitrogen and oxygen atoms in total. The molecule has 0 aliphatic rings. The summed E-state index contributed by atoms with van der Waals surface area (Å²) in [6, 6.07) is 7.79. The van der Waals surface area contributed by atoms with Crippen LogP contribution in [0.2, 0.25) is 5.02 Å². The minimum absolute atomic E-state index is 0.240. The fourth-order valence-electron chi connectivity index (χ4n) is 1.86.